The Labute approximate surface area is 99.4 Å². The predicted octanol–water partition coefficient (Wildman–Crippen LogP) is 2.01. The van der Waals surface area contributed by atoms with Gasteiger partial charge in [-0.15, -0.1) is 0 Å². The first-order valence-electron chi connectivity index (χ1n) is 6.46. The first-order valence-corrected chi connectivity index (χ1v) is 6.46. The van der Waals surface area contributed by atoms with Crippen LogP contribution in [-0.2, 0) is 4.79 Å². The first-order chi connectivity index (χ1) is 7.48. The Hall–Kier alpha value is -0.570. The van der Waals surface area contributed by atoms with Gasteiger partial charge in [-0.05, 0) is 37.6 Å². The fourth-order valence-corrected chi connectivity index (χ4v) is 2.03. The highest BCUT2D eigenvalue weighted by Crippen LogP contribution is 2.30. The van der Waals surface area contributed by atoms with Gasteiger partial charge in [-0.25, -0.2) is 0 Å². The number of nitrogens with two attached hydrogens (primary N) is 1. The number of rotatable bonds is 6. The SMILES string of the molecule is CCN(CC(C)(C)CN)C(=O)CC1CCC1. The van der Waals surface area contributed by atoms with Crippen molar-refractivity contribution in [3.05, 3.63) is 0 Å². The van der Waals surface area contributed by atoms with Gasteiger partial charge < -0.3 is 10.6 Å². The van der Waals surface area contributed by atoms with Crippen LogP contribution in [0.4, 0.5) is 0 Å². The number of amides is 1. The van der Waals surface area contributed by atoms with Crippen molar-refractivity contribution in [2.75, 3.05) is 19.6 Å². The van der Waals surface area contributed by atoms with Crippen LogP contribution in [0.15, 0.2) is 0 Å². The minimum absolute atomic E-state index is 0.0330. The Morgan fingerprint density at radius 1 is 1.44 bits per heavy atom. The third-order valence-corrected chi connectivity index (χ3v) is 3.59. The van der Waals surface area contributed by atoms with Gasteiger partial charge in [-0.1, -0.05) is 20.3 Å². The molecule has 1 saturated carbocycles. The summed E-state index contributed by atoms with van der Waals surface area (Å²) >= 11 is 0. The zero-order valence-electron chi connectivity index (χ0n) is 11.0. The van der Waals surface area contributed by atoms with Crippen molar-refractivity contribution in [1.82, 2.24) is 4.90 Å². The lowest BCUT2D eigenvalue weighted by molar-refractivity contribution is -0.134. The Balaban J connectivity index is 2.42. The van der Waals surface area contributed by atoms with Gasteiger partial charge in [0.25, 0.3) is 0 Å². The second kappa shape index (κ2) is 5.67. The molecule has 0 spiro atoms. The molecule has 3 heteroatoms. The van der Waals surface area contributed by atoms with E-state index in [1.807, 2.05) is 11.8 Å². The standard InChI is InChI=1S/C13H26N2O/c1-4-15(10-13(2,3)9-14)12(16)8-11-6-5-7-11/h11H,4-10,14H2,1-3H3. The van der Waals surface area contributed by atoms with E-state index in [-0.39, 0.29) is 5.41 Å². The molecule has 0 saturated heterocycles. The van der Waals surface area contributed by atoms with Crippen LogP contribution in [-0.4, -0.2) is 30.4 Å². The smallest absolute Gasteiger partial charge is 0.222 e. The summed E-state index contributed by atoms with van der Waals surface area (Å²) in [6, 6.07) is 0. The Morgan fingerprint density at radius 3 is 2.44 bits per heavy atom. The van der Waals surface area contributed by atoms with Gasteiger partial charge in [0.2, 0.25) is 5.91 Å². The van der Waals surface area contributed by atoms with Gasteiger partial charge in [0.1, 0.15) is 0 Å². The van der Waals surface area contributed by atoms with Crippen LogP contribution in [0, 0.1) is 11.3 Å². The maximum atomic E-state index is 12.1. The molecule has 0 bridgehead atoms. The Kier molecular flexibility index (Phi) is 4.78. The Morgan fingerprint density at radius 2 is 2.06 bits per heavy atom. The molecule has 0 aromatic heterocycles. The van der Waals surface area contributed by atoms with E-state index in [4.69, 9.17) is 5.73 Å². The number of carbonyl (C=O) groups is 1. The predicted molar refractivity (Wildman–Crippen MR) is 67.0 cm³/mol. The minimum atomic E-state index is 0.0330. The number of nitrogens with zero attached hydrogens (tertiary/aromatic N) is 1. The van der Waals surface area contributed by atoms with Gasteiger partial charge in [0.05, 0.1) is 0 Å². The normalized spacial score (nSPS) is 17.0. The number of hydrogen-bond acceptors (Lipinski definition) is 2. The van der Waals surface area contributed by atoms with Crippen LogP contribution in [0.2, 0.25) is 0 Å². The van der Waals surface area contributed by atoms with Crippen molar-refractivity contribution in [3.63, 3.8) is 0 Å². The van der Waals surface area contributed by atoms with Crippen LogP contribution >= 0.6 is 0 Å². The molecule has 1 aliphatic rings. The molecular formula is C13H26N2O. The molecule has 1 fully saturated rings. The highest BCUT2D eigenvalue weighted by Gasteiger charge is 2.26. The van der Waals surface area contributed by atoms with E-state index in [0.29, 0.717) is 18.4 Å². The molecule has 1 rings (SSSR count). The Bertz CT molecular complexity index is 234. The quantitative estimate of drug-likeness (QED) is 0.753. The van der Waals surface area contributed by atoms with Gasteiger partial charge in [0.15, 0.2) is 0 Å². The van der Waals surface area contributed by atoms with Crippen molar-refractivity contribution in [2.24, 2.45) is 17.1 Å². The lowest BCUT2D eigenvalue weighted by Crippen LogP contribution is -2.42. The molecule has 0 aromatic rings. The molecule has 0 aliphatic heterocycles. The van der Waals surface area contributed by atoms with E-state index >= 15 is 0 Å². The molecule has 3 nitrogen and oxygen atoms in total. The summed E-state index contributed by atoms with van der Waals surface area (Å²) < 4.78 is 0. The molecule has 1 aliphatic carbocycles. The lowest BCUT2D eigenvalue weighted by Gasteiger charge is -2.33. The van der Waals surface area contributed by atoms with E-state index in [1.165, 1.54) is 19.3 Å². The molecule has 16 heavy (non-hydrogen) atoms. The molecule has 1 amide bonds. The average Bonchev–Trinajstić information content (AvgIpc) is 2.19. The maximum absolute atomic E-state index is 12.1. The van der Waals surface area contributed by atoms with Crippen LogP contribution in [0.25, 0.3) is 0 Å². The van der Waals surface area contributed by atoms with Crippen LogP contribution in [0.5, 0.6) is 0 Å². The summed E-state index contributed by atoms with van der Waals surface area (Å²) in [5.41, 5.74) is 5.74. The van der Waals surface area contributed by atoms with Gasteiger partial charge in [-0.2, -0.15) is 0 Å². The fraction of sp³-hybridized carbons (Fsp3) is 0.923. The summed E-state index contributed by atoms with van der Waals surface area (Å²) in [6.45, 7) is 8.49. The van der Waals surface area contributed by atoms with E-state index in [0.717, 1.165) is 19.5 Å². The van der Waals surface area contributed by atoms with Gasteiger partial charge in [-0.3, -0.25) is 4.79 Å². The highest BCUT2D eigenvalue weighted by molar-refractivity contribution is 5.76. The van der Waals surface area contributed by atoms with Crippen LogP contribution < -0.4 is 5.73 Å². The molecule has 0 heterocycles. The van der Waals surface area contributed by atoms with E-state index in [2.05, 4.69) is 13.8 Å². The first kappa shape index (κ1) is 13.5. The monoisotopic (exact) mass is 226 g/mol. The van der Waals surface area contributed by atoms with Crippen molar-refractivity contribution in [2.45, 2.75) is 46.5 Å². The molecule has 2 N–H and O–H groups in total. The molecule has 0 atom stereocenters. The maximum Gasteiger partial charge on any atom is 0.222 e. The van der Waals surface area contributed by atoms with E-state index < -0.39 is 0 Å². The van der Waals surface area contributed by atoms with Crippen LogP contribution in [0.3, 0.4) is 0 Å². The molecule has 0 unspecified atom stereocenters. The topological polar surface area (TPSA) is 46.3 Å². The van der Waals surface area contributed by atoms with Crippen molar-refractivity contribution < 1.29 is 4.79 Å². The van der Waals surface area contributed by atoms with Crippen molar-refractivity contribution in [3.8, 4) is 0 Å². The molecular weight excluding hydrogens is 200 g/mol. The summed E-state index contributed by atoms with van der Waals surface area (Å²) in [5.74, 6) is 0.969. The van der Waals surface area contributed by atoms with Crippen molar-refractivity contribution in [1.29, 1.82) is 0 Å². The zero-order chi connectivity index (χ0) is 12.2. The molecule has 94 valence electrons. The molecule has 0 radical (unpaired) electrons. The van der Waals surface area contributed by atoms with E-state index in [1.54, 1.807) is 0 Å². The lowest BCUT2D eigenvalue weighted by atomic mass is 9.82. The van der Waals surface area contributed by atoms with E-state index in [9.17, 15) is 4.79 Å². The largest absolute Gasteiger partial charge is 0.342 e. The second-order valence-electron chi connectivity index (χ2n) is 5.78. The summed E-state index contributed by atoms with van der Waals surface area (Å²) in [4.78, 5) is 14.0. The van der Waals surface area contributed by atoms with Crippen LogP contribution in [0.1, 0.15) is 46.5 Å². The minimum Gasteiger partial charge on any atom is -0.342 e. The number of hydrogen-bond donors (Lipinski definition) is 1. The second-order valence-corrected chi connectivity index (χ2v) is 5.78. The molecule has 0 aromatic carbocycles. The summed E-state index contributed by atoms with van der Waals surface area (Å²) in [7, 11) is 0. The summed E-state index contributed by atoms with van der Waals surface area (Å²) in [5, 5.41) is 0. The average molecular weight is 226 g/mol. The third kappa shape index (κ3) is 3.78. The fourth-order valence-electron chi connectivity index (χ4n) is 2.03. The zero-order valence-corrected chi connectivity index (χ0v) is 11.0. The van der Waals surface area contributed by atoms with Gasteiger partial charge in [0, 0.05) is 19.5 Å². The highest BCUT2D eigenvalue weighted by atomic mass is 16.2. The van der Waals surface area contributed by atoms with Gasteiger partial charge >= 0.3 is 0 Å². The number of carbonyl (C=O) groups excluding carboxylic acids is 1. The van der Waals surface area contributed by atoms with Crippen molar-refractivity contribution >= 4 is 5.91 Å². The third-order valence-electron chi connectivity index (χ3n) is 3.59. The summed E-state index contributed by atoms with van der Waals surface area (Å²) in [6.07, 6.45) is 4.53.